The molecule has 0 atom stereocenters. The molecule has 0 unspecified atom stereocenters. The van der Waals surface area contributed by atoms with Crippen molar-refractivity contribution in [2.75, 3.05) is 0 Å². The lowest BCUT2D eigenvalue weighted by Crippen LogP contribution is -1.97. The van der Waals surface area contributed by atoms with Gasteiger partial charge in [0.15, 0.2) is 0 Å². The number of benzene rings is 3. The summed E-state index contributed by atoms with van der Waals surface area (Å²) in [6.07, 6.45) is 1.83. The summed E-state index contributed by atoms with van der Waals surface area (Å²) >= 11 is 8.16. The third-order valence-corrected chi connectivity index (χ3v) is 5.68. The Hall–Kier alpha value is -2.82. The minimum absolute atomic E-state index is 0.463. The van der Waals surface area contributed by atoms with Crippen molar-refractivity contribution in [3.8, 4) is 11.8 Å². The van der Waals surface area contributed by atoms with Gasteiger partial charge in [0, 0.05) is 5.02 Å². The van der Waals surface area contributed by atoms with Crippen molar-refractivity contribution in [3.63, 3.8) is 0 Å². The molecule has 0 saturated heterocycles. The van der Waals surface area contributed by atoms with Gasteiger partial charge in [-0.25, -0.2) is 4.98 Å². The smallest absolute Gasteiger partial charge is 0.149 e. The van der Waals surface area contributed by atoms with Gasteiger partial charge in [0.1, 0.15) is 24.3 Å². The molecule has 0 radical (unpaired) electrons. The standard InChI is InChI=1S/C24H17ClIN3O/c1-15-2-8-21-22(10-15)29-24(28-21)18(13-27)11-17-5-9-23(20(26)12-17)30-14-16-3-6-19(25)7-4-16/h2-12H,14H2,1H3,(H,28,29)/b18-11-. The van der Waals surface area contributed by atoms with Crippen molar-refractivity contribution in [3.05, 3.63) is 91.8 Å². The number of nitriles is 1. The molecule has 1 N–H and O–H groups in total. The number of hydrogen-bond acceptors (Lipinski definition) is 3. The summed E-state index contributed by atoms with van der Waals surface area (Å²) < 4.78 is 6.90. The fourth-order valence-electron chi connectivity index (χ4n) is 3.04. The third-order valence-electron chi connectivity index (χ3n) is 4.59. The van der Waals surface area contributed by atoms with E-state index in [0.717, 1.165) is 37.0 Å². The van der Waals surface area contributed by atoms with E-state index in [9.17, 15) is 5.26 Å². The van der Waals surface area contributed by atoms with E-state index in [-0.39, 0.29) is 0 Å². The van der Waals surface area contributed by atoms with Gasteiger partial charge in [-0.15, -0.1) is 0 Å². The second kappa shape index (κ2) is 8.90. The van der Waals surface area contributed by atoms with Crippen molar-refractivity contribution in [1.29, 1.82) is 5.26 Å². The van der Waals surface area contributed by atoms with E-state index >= 15 is 0 Å². The highest BCUT2D eigenvalue weighted by atomic mass is 127. The van der Waals surface area contributed by atoms with Gasteiger partial charge in [-0.3, -0.25) is 0 Å². The zero-order valence-electron chi connectivity index (χ0n) is 16.1. The molecule has 3 aromatic carbocycles. The van der Waals surface area contributed by atoms with Crippen LogP contribution in [0, 0.1) is 21.8 Å². The van der Waals surface area contributed by atoms with E-state index in [4.69, 9.17) is 16.3 Å². The first kappa shape index (κ1) is 20.5. The highest BCUT2D eigenvalue weighted by Crippen LogP contribution is 2.26. The fourth-order valence-corrected chi connectivity index (χ4v) is 3.86. The van der Waals surface area contributed by atoms with Crippen LogP contribution in [0.25, 0.3) is 22.7 Å². The van der Waals surface area contributed by atoms with Gasteiger partial charge >= 0.3 is 0 Å². The Balaban J connectivity index is 1.55. The summed E-state index contributed by atoms with van der Waals surface area (Å²) in [4.78, 5) is 7.79. The number of ether oxygens (including phenoxy) is 1. The Kier molecular flexibility index (Phi) is 6.07. The Labute approximate surface area is 193 Å². The van der Waals surface area contributed by atoms with E-state index in [2.05, 4.69) is 38.6 Å². The molecule has 4 nitrogen and oxygen atoms in total. The number of nitrogens with one attached hydrogen (secondary N) is 1. The first-order chi connectivity index (χ1) is 14.5. The highest BCUT2D eigenvalue weighted by Gasteiger charge is 2.09. The molecule has 0 amide bonds. The maximum Gasteiger partial charge on any atom is 0.149 e. The van der Waals surface area contributed by atoms with E-state index in [1.54, 1.807) is 0 Å². The average Bonchev–Trinajstić information content (AvgIpc) is 3.15. The van der Waals surface area contributed by atoms with Crippen LogP contribution in [-0.4, -0.2) is 9.97 Å². The van der Waals surface area contributed by atoms with Crippen LogP contribution in [0.1, 0.15) is 22.5 Å². The highest BCUT2D eigenvalue weighted by molar-refractivity contribution is 14.1. The van der Waals surface area contributed by atoms with E-state index in [1.807, 2.05) is 73.7 Å². The number of rotatable bonds is 5. The Morgan fingerprint density at radius 3 is 2.70 bits per heavy atom. The molecule has 0 saturated carbocycles. The van der Waals surface area contributed by atoms with Crippen molar-refractivity contribution in [1.82, 2.24) is 9.97 Å². The van der Waals surface area contributed by atoms with Crippen LogP contribution in [-0.2, 0) is 6.61 Å². The molecule has 0 bridgehead atoms. The summed E-state index contributed by atoms with van der Waals surface area (Å²) in [6.45, 7) is 2.49. The van der Waals surface area contributed by atoms with Crippen molar-refractivity contribution >= 4 is 56.9 Å². The van der Waals surface area contributed by atoms with Crippen molar-refractivity contribution in [2.45, 2.75) is 13.5 Å². The lowest BCUT2D eigenvalue weighted by molar-refractivity contribution is 0.304. The Bertz CT molecular complexity index is 1290. The predicted octanol–water partition coefficient (Wildman–Crippen LogP) is 6.77. The number of hydrogen-bond donors (Lipinski definition) is 1. The molecule has 4 aromatic rings. The number of H-pyrrole nitrogens is 1. The second-order valence-electron chi connectivity index (χ2n) is 6.88. The van der Waals surface area contributed by atoms with Crippen LogP contribution in [0.4, 0.5) is 0 Å². The van der Waals surface area contributed by atoms with Crippen molar-refractivity contribution < 1.29 is 4.74 Å². The third kappa shape index (κ3) is 4.66. The second-order valence-corrected chi connectivity index (χ2v) is 8.48. The van der Waals surface area contributed by atoms with Gasteiger partial charge in [0.25, 0.3) is 0 Å². The maximum absolute atomic E-state index is 9.66. The molecule has 6 heteroatoms. The van der Waals surface area contributed by atoms with Gasteiger partial charge in [0.2, 0.25) is 0 Å². The molecule has 0 aliphatic carbocycles. The van der Waals surface area contributed by atoms with Crippen LogP contribution in [0.3, 0.4) is 0 Å². The van der Waals surface area contributed by atoms with E-state index in [0.29, 0.717) is 23.0 Å². The number of fused-ring (bicyclic) bond motifs is 1. The van der Waals surface area contributed by atoms with Gasteiger partial charge in [-0.1, -0.05) is 35.9 Å². The monoisotopic (exact) mass is 525 g/mol. The Morgan fingerprint density at radius 1 is 1.17 bits per heavy atom. The van der Waals surface area contributed by atoms with Gasteiger partial charge < -0.3 is 9.72 Å². The van der Waals surface area contributed by atoms with Gasteiger partial charge in [-0.05, 0) is 88.7 Å². The number of aromatic nitrogens is 2. The number of allylic oxidation sites excluding steroid dienone is 1. The minimum Gasteiger partial charge on any atom is -0.488 e. The fraction of sp³-hybridized carbons (Fsp3) is 0.0833. The first-order valence-corrected chi connectivity index (χ1v) is 10.7. The van der Waals surface area contributed by atoms with Gasteiger partial charge in [0.05, 0.1) is 20.2 Å². The molecule has 148 valence electrons. The molecule has 0 aliphatic rings. The summed E-state index contributed by atoms with van der Waals surface area (Å²) in [5.74, 6) is 1.36. The zero-order valence-corrected chi connectivity index (χ0v) is 19.0. The van der Waals surface area contributed by atoms with Crippen LogP contribution in [0.5, 0.6) is 5.75 Å². The molecule has 0 aliphatic heterocycles. The number of imidazole rings is 1. The largest absolute Gasteiger partial charge is 0.488 e. The summed E-state index contributed by atoms with van der Waals surface area (Å²) in [5.41, 5.74) is 5.35. The number of aryl methyl sites for hydroxylation is 1. The number of nitrogens with zero attached hydrogens (tertiary/aromatic N) is 2. The predicted molar refractivity (Wildman–Crippen MR) is 129 cm³/mol. The molecule has 30 heavy (non-hydrogen) atoms. The van der Waals surface area contributed by atoms with E-state index < -0.39 is 0 Å². The lowest BCUT2D eigenvalue weighted by Gasteiger charge is -2.09. The maximum atomic E-state index is 9.66. The minimum atomic E-state index is 0.463. The normalized spacial score (nSPS) is 11.5. The summed E-state index contributed by atoms with van der Waals surface area (Å²) in [5, 5.41) is 10.4. The SMILES string of the molecule is Cc1ccc2nc(/C(C#N)=C\c3ccc(OCc4ccc(Cl)cc4)c(I)c3)[nH]c2c1. The number of halogens is 2. The molecular weight excluding hydrogens is 509 g/mol. The molecule has 1 heterocycles. The Morgan fingerprint density at radius 2 is 1.97 bits per heavy atom. The topological polar surface area (TPSA) is 61.7 Å². The first-order valence-electron chi connectivity index (χ1n) is 9.27. The molecule has 0 fully saturated rings. The quantitative estimate of drug-likeness (QED) is 0.231. The summed E-state index contributed by atoms with van der Waals surface area (Å²) in [6, 6.07) is 21.7. The molecular formula is C24H17ClIN3O. The number of aromatic amines is 1. The van der Waals surface area contributed by atoms with Crippen LogP contribution < -0.4 is 4.74 Å². The van der Waals surface area contributed by atoms with E-state index in [1.165, 1.54) is 0 Å². The molecule has 1 aromatic heterocycles. The molecule has 4 rings (SSSR count). The summed E-state index contributed by atoms with van der Waals surface area (Å²) in [7, 11) is 0. The van der Waals surface area contributed by atoms with Crippen molar-refractivity contribution in [2.24, 2.45) is 0 Å². The van der Waals surface area contributed by atoms with Gasteiger partial charge in [-0.2, -0.15) is 5.26 Å². The van der Waals surface area contributed by atoms with Crippen LogP contribution >= 0.6 is 34.2 Å². The van der Waals surface area contributed by atoms with Crippen LogP contribution in [0.2, 0.25) is 5.02 Å². The lowest BCUT2D eigenvalue weighted by atomic mass is 10.1. The molecule has 0 spiro atoms. The van der Waals surface area contributed by atoms with Crippen LogP contribution in [0.15, 0.2) is 60.7 Å². The zero-order chi connectivity index (χ0) is 21.1. The average molecular weight is 526 g/mol.